The Morgan fingerprint density at radius 2 is 2.29 bits per heavy atom. The Morgan fingerprint density at radius 1 is 1.50 bits per heavy atom. The molecule has 1 aromatic rings. The molecule has 0 bridgehead atoms. The number of benzene rings is 1. The van der Waals surface area contributed by atoms with Crippen LogP contribution < -0.4 is 5.32 Å². The maximum atomic E-state index is 12.9. The molecule has 78 valence electrons. The number of halogens is 2. The van der Waals surface area contributed by atoms with Crippen LogP contribution in [0.3, 0.4) is 0 Å². The number of ether oxygens (including phenoxy) is 1. The molecule has 1 aliphatic heterocycles. The van der Waals surface area contributed by atoms with Gasteiger partial charge in [0.15, 0.2) is 0 Å². The molecular weight excluding hydrogens is 205 g/mol. The van der Waals surface area contributed by atoms with Gasteiger partial charge in [-0.05, 0) is 19.1 Å². The fourth-order valence-electron chi connectivity index (χ4n) is 1.57. The molecule has 1 atom stereocenters. The molecule has 0 aliphatic carbocycles. The summed E-state index contributed by atoms with van der Waals surface area (Å²) in [6, 6.07) is 6.49. The average Bonchev–Trinajstić information content (AvgIpc) is 2.54. The predicted octanol–water partition coefficient (Wildman–Crippen LogP) is 2.04. The third-order valence-electron chi connectivity index (χ3n) is 2.33. The zero-order valence-electron chi connectivity index (χ0n) is 7.92. The zero-order valence-corrected chi connectivity index (χ0v) is 8.73. The molecule has 1 N–H and O–H groups in total. The van der Waals surface area contributed by atoms with Gasteiger partial charge < -0.3 is 4.74 Å². The number of hydrogen-bond acceptors (Lipinski definition) is 2. The highest BCUT2D eigenvalue weighted by molar-refractivity contribution is 5.85. The van der Waals surface area contributed by atoms with Crippen molar-refractivity contribution in [2.24, 2.45) is 0 Å². The molecule has 0 aromatic heterocycles. The normalized spacial score (nSPS) is 25.9. The number of rotatable bonds is 1. The summed E-state index contributed by atoms with van der Waals surface area (Å²) >= 11 is 0. The highest BCUT2D eigenvalue weighted by atomic mass is 35.5. The molecule has 1 aromatic carbocycles. The van der Waals surface area contributed by atoms with E-state index < -0.39 is 5.72 Å². The van der Waals surface area contributed by atoms with E-state index in [2.05, 4.69) is 5.32 Å². The fraction of sp³-hybridized carbons (Fsp3) is 0.400. The lowest BCUT2D eigenvalue weighted by Crippen LogP contribution is -2.34. The van der Waals surface area contributed by atoms with Crippen LogP contribution in [0.1, 0.15) is 12.5 Å². The largest absolute Gasteiger partial charge is 0.355 e. The minimum atomic E-state index is -0.512. The molecule has 4 heteroatoms. The van der Waals surface area contributed by atoms with Gasteiger partial charge in [0.25, 0.3) is 0 Å². The molecule has 2 nitrogen and oxygen atoms in total. The smallest absolute Gasteiger partial charge is 0.142 e. The van der Waals surface area contributed by atoms with Crippen molar-refractivity contribution in [3.63, 3.8) is 0 Å². The lowest BCUT2D eigenvalue weighted by Gasteiger charge is -2.23. The van der Waals surface area contributed by atoms with Gasteiger partial charge in [-0.15, -0.1) is 12.4 Å². The lowest BCUT2D eigenvalue weighted by molar-refractivity contribution is 0.00224. The van der Waals surface area contributed by atoms with Crippen LogP contribution in [0, 0.1) is 5.82 Å². The van der Waals surface area contributed by atoms with Gasteiger partial charge in [-0.1, -0.05) is 12.1 Å². The maximum Gasteiger partial charge on any atom is 0.142 e. The van der Waals surface area contributed by atoms with Gasteiger partial charge >= 0.3 is 0 Å². The molecular formula is C10H13ClFNO. The van der Waals surface area contributed by atoms with Gasteiger partial charge in [-0.3, -0.25) is 5.32 Å². The van der Waals surface area contributed by atoms with Crippen molar-refractivity contribution in [3.8, 4) is 0 Å². The first-order chi connectivity index (χ1) is 6.21. The van der Waals surface area contributed by atoms with Crippen LogP contribution in [0.2, 0.25) is 0 Å². The monoisotopic (exact) mass is 217 g/mol. The summed E-state index contributed by atoms with van der Waals surface area (Å²) in [5, 5.41) is 3.19. The second-order valence-corrected chi connectivity index (χ2v) is 3.32. The summed E-state index contributed by atoms with van der Waals surface area (Å²) in [5.41, 5.74) is 0.326. The van der Waals surface area contributed by atoms with E-state index in [1.54, 1.807) is 6.07 Å². The first kappa shape index (κ1) is 11.4. The van der Waals surface area contributed by atoms with Crippen LogP contribution in [0.4, 0.5) is 4.39 Å². The molecule has 1 saturated heterocycles. The van der Waals surface area contributed by atoms with E-state index in [-0.39, 0.29) is 18.2 Å². The Hall–Kier alpha value is -0.640. The molecule has 1 unspecified atom stereocenters. The molecule has 0 spiro atoms. The third-order valence-corrected chi connectivity index (χ3v) is 2.33. The van der Waals surface area contributed by atoms with Gasteiger partial charge in [0, 0.05) is 12.1 Å². The summed E-state index contributed by atoms with van der Waals surface area (Å²) in [4.78, 5) is 0. The van der Waals surface area contributed by atoms with E-state index in [0.717, 1.165) is 12.1 Å². The average molecular weight is 218 g/mol. The summed E-state index contributed by atoms with van der Waals surface area (Å²) < 4.78 is 18.4. The van der Waals surface area contributed by atoms with E-state index in [1.807, 2.05) is 13.0 Å². The lowest BCUT2D eigenvalue weighted by atomic mass is 10.1. The van der Waals surface area contributed by atoms with E-state index in [1.165, 1.54) is 12.1 Å². The van der Waals surface area contributed by atoms with E-state index >= 15 is 0 Å². The molecule has 0 radical (unpaired) electrons. The van der Waals surface area contributed by atoms with Crippen LogP contribution >= 0.6 is 12.4 Å². The zero-order chi connectivity index (χ0) is 9.31. The highest BCUT2D eigenvalue weighted by Crippen LogP contribution is 2.25. The van der Waals surface area contributed by atoms with E-state index in [4.69, 9.17) is 4.74 Å². The standard InChI is InChI=1S/C10H12FNO.ClH/c1-10(12-5-6-13-10)8-3-2-4-9(11)7-8;/h2-4,7,12H,5-6H2,1H3;1H. The van der Waals surface area contributed by atoms with Crippen molar-refractivity contribution < 1.29 is 9.13 Å². The SMILES string of the molecule is CC1(c2cccc(F)c2)NCCO1.Cl. The van der Waals surface area contributed by atoms with Gasteiger partial charge in [0.2, 0.25) is 0 Å². The molecule has 2 rings (SSSR count). The van der Waals surface area contributed by atoms with Crippen molar-refractivity contribution in [1.82, 2.24) is 5.32 Å². The summed E-state index contributed by atoms with van der Waals surface area (Å²) in [7, 11) is 0. The van der Waals surface area contributed by atoms with Crippen molar-refractivity contribution in [2.45, 2.75) is 12.6 Å². The van der Waals surface area contributed by atoms with Crippen molar-refractivity contribution in [3.05, 3.63) is 35.6 Å². The molecule has 0 saturated carbocycles. The Morgan fingerprint density at radius 3 is 2.86 bits per heavy atom. The van der Waals surface area contributed by atoms with Crippen LogP contribution in [-0.2, 0) is 10.5 Å². The van der Waals surface area contributed by atoms with Gasteiger partial charge in [-0.2, -0.15) is 0 Å². The van der Waals surface area contributed by atoms with Crippen molar-refractivity contribution in [1.29, 1.82) is 0 Å². The number of hydrogen-bond donors (Lipinski definition) is 1. The Bertz CT molecular complexity index is 313. The first-order valence-corrected chi connectivity index (χ1v) is 4.36. The minimum absolute atomic E-state index is 0. The fourth-order valence-corrected chi connectivity index (χ4v) is 1.57. The first-order valence-electron chi connectivity index (χ1n) is 4.36. The molecule has 1 aliphatic rings. The Labute approximate surface area is 88.9 Å². The van der Waals surface area contributed by atoms with Crippen molar-refractivity contribution in [2.75, 3.05) is 13.2 Å². The van der Waals surface area contributed by atoms with Gasteiger partial charge in [0.05, 0.1) is 6.61 Å². The highest BCUT2D eigenvalue weighted by Gasteiger charge is 2.31. The third kappa shape index (κ3) is 2.05. The van der Waals surface area contributed by atoms with Crippen LogP contribution in [0.25, 0.3) is 0 Å². The van der Waals surface area contributed by atoms with E-state index in [9.17, 15) is 4.39 Å². The molecule has 14 heavy (non-hydrogen) atoms. The van der Waals surface area contributed by atoms with Crippen LogP contribution in [-0.4, -0.2) is 13.2 Å². The molecule has 1 heterocycles. The second-order valence-electron chi connectivity index (χ2n) is 3.32. The van der Waals surface area contributed by atoms with Crippen LogP contribution in [0.5, 0.6) is 0 Å². The Balaban J connectivity index is 0.000000980. The van der Waals surface area contributed by atoms with Gasteiger partial charge in [0.1, 0.15) is 11.5 Å². The number of nitrogens with one attached hydrogen (secondary N) is 1. The van der Waals surface area contributed by atoms with E-state index in [0.29, 0.717) is 6.61 Å². The summed E-state index contributed by atoms with van der Waals surface area (Å²) in [6.07, 6.45) is 0. The van der Waals surface area contributed by atoms with Crippen LogP contribution in [0.15, 0.2) is 24.3 Å². The van der Waals surface area contributed by atoms with Crippen molar-refractivity contribution >= 4 is 12.4 Å². The second kappa shape index (κ2) is 4.26. The predicted molar refractivity (Wildman–Crippen MR) is 55.0 cm³/mol. The topological polar surface area (TPSA) is 21.3 Å². The summed E-state index contributed by atoms with van der Waals surface area (Å²) in [5.74, 6) is -0.226. The minimum Gasteiger partial charge on any atom is -0.355 e. The molecule has 0 amide bonds. The Kier molecular flexibility index (Phi) is 3.48. The maximum absolute atomic E-state index is 12.9. The summed E-state index contributed by atoms with van der Waals surface area (Å²) in [6.45, 7) is 3.40. The van der Waals surface area contributed by atoms with Gasteiger partial charge in [-0.25, -0.2) is 4.39 Å². The quantitative estimate of drug-likeness (QED) is 0.778. The molecule has 1 fully saturated rings.